The van der Waals surface area contributed by atoms with E-state index in [1.54, 1.807) is 38.4 Å². The molecular formula is C22H29N4O3+. The van der Waals surface area contributed by atoms with Crippen LogP contribution in [0.5, 0.6) is 0 Å². The summed E-state index contributed by atoms with van der Waals surface area (Å²) in [6.07, 6.45) is 0. The van der Waals surface area contributed by atoms with E-state index < -0.39 is 0 Å². The van der Waals surface area contributed by atoms with Gasteiger partial charge in [-0.15, -0.1) is 0 Å². The molecule has 3 amide bonds. The summed E-state index contributed by atoms with van der Waals surface area (Å²) < 4.78 is 0. The van der Waals surface area contributed by atoms with Crippen molar-refractivity contribution in [3.8, 4) is 0 Å². The van der Waals surface area contributed by atoms with Gasteiger partial charge in [-0.3, -0.25) is 14.4 Å². The quantitative estimate of drug-likeness (QED) is 0.563. The highest BCUT2D eigenvalue weighted by Gasteiger charge is 2.16. The van der Waals surface area contributed by atoms with Gasteiger partial charge in [0.15, 0.2) is 13.1 Å². The molecule has 0 saturated carbocycles. The van der Waals surface area contributed by atoms with E-state index in [9.17, 15) is 14.4 Å². The van der Waals surface area contributed by atoms with Crippen LogP contribution in [0.25, 0.3) is 0 Å². The van der Waals surface area contributed by atoms with Gasteiger partial charge in [-0.2, -0.15) is 0 Å². The van der Waals surface area contributed by atoms with Crippen LogP contribution in [-0.4, -0.2) is 44.9 Å². The van der Waals surface area contributed by atoms with Crippen LogP contribution in [0.2, 0.25) is 0 Å². The molecule has 1 atom stereocenters. The Morgan fingerprint density at radius 3 is 1.90 bits per heavy atom. The molecule has 2 aromatic carbocycles. The van der Waals surface area contributed by atoms with E-state index in [0.29, 0.717) is 11.3 Å². The first-order valence-electron chi connectivity index (χ1n) is 9.50. The van der Waals surface area contributed by atoms with E-state index in [2.05, 4.69) is 16.0 Å². The van der Waals surface area contributed by atoms with E-state index in [1.807, 2.05) is 32.9 Å². The minimum Gasteiger partial charge on any atom is -0.355 e. The van der Waals surface area contributed by atoms with Gasteiger partial charge in [-0.25, -0.2) is 0 Å². The van der Waals surface area contributed by atoms with Gasteiger partial charge in [0.05, 0.1) is 7.05 Å². The Morgan fingerprint density at radius 1 is 0.862 bits per heavy atom. The number of hydrogen-bond acceptors (Lipinski definition) is 3. The van der Waals surface area contributed by atoms with Crippen molar-refractivity contribution in [1.29, 1.82) is 0 Å². The fourth-order valence-corrected chi connectivity index (χ4v) is 3.23. The zero-order chi connectivity index (χ0) is 21.6. The number of likely N-dealkylation sites (N-methyl/N-ethyl adjacent to an activating group) is 1. The second-order valence-electron chi connectivity index (χ2n) is 7.34. The number of quaternary nitrogens is 1. The molecule has 1 unspecified atom stereocenters. The molecule has 0 aliphatic rings. The number of nitrogens with one attached hydrogen (secondary N) is 4. The molecule has 2 aromatic rings. The summed E-state index contributed by atoms with van der Waals surface area (Å²) in [5.41, 5.74) is 5.14. The number of anilines is 2. The van der Waals surface area contributed by atoms with E-state index in [1.165, 1.54) is 0 Å². The molecule has 7 nitrogen and oxygen atoms in total. The van der Waals surface area contributed by atoms with Crippen LogP contribution in [0.3, 0.4) is 0 Å². The predicted molar refractivity (Wildman–Crippen MR) is 114 cm³/mol. The van der Waals surface area contributed by atoms with E-state index in [-0.39, 0.29) is 30.8 Å². The SMILES string of the molecule is CNC(=O)c1ccc(NC(=O)C[NH+](C)CC(=O)Nc2c(C)cc(C)cc2C)cc1. The van der Waals surface area contributed by atoms with Crippen LogP contribution in [0.1, 0.15) is 27.0 Å². The van der Waals surface area contributed by atoms with Crippen LogP contribution in [0, 0.1) is 20.8 Å². The standard InChI is InChI=1S/C22H28N4O3/c1-14-10-15(2)21(16(3)11-14)25-20(28)13-26(5)12-19(27)24-18-8-6-17(7-9-18)22(29)23-4/h6-11H,12-13H2,1-5H3,(H,23,29)(H,24,27)(H,25,28)/p+1. The van der Waals surface area contributed by atoms with Crippen LogP contribution in [0.4, 0.5) is 11.4 Å². The van der Waals surface area contributed by atoms with E-state index in [0.717, 1.165) is 27.3 Å². The van der Waals surface area contributed by atoms with Crippen LogP contribution < -0.4 is 20.9 Å². The lowest BCUT2D eigenvalue weighted by molar-refractivity contribution is -0.862. The summed E-state index contributed by atoms with van der Waals surface area (Å²) in [5, 5.41) is 8.28. The van der Waals surface area contributed by atoms with Crippen molar-refractivity contribution < 1.29 is 19.3 Å². The van der Waals surface area contributed by atoms with Crippen molar-refractivity contribution in [2.24, 2.45) is 0 Å². The maximum atomic E-state index is 12.4. The van der Waals surface area contributed by atoms with Gasteiger partial charge in [-0.1, -0.05) is 17.7 Å². The largest absolute Gasteiger partial charge is 0.355 e. The number of benzene rings is 2. The lowest BCUT2D eigenvalue weighted by Crippen LogP contribution is -3.11. The molecular weight excluding hydrogens is 368 g/mol. The first-order valence-corrected chi connectivity index (χ1v) is 9.50. The molecule has 0 saturated heterocycles. The first kappa shape index (κ1) is 22.1. The monoisotopic (exact) mass is 397 g/mol. The second kappa shape index (κ2) is 9.84. The molecule has 0 heterocycles. The second-order valence-corrected chi connectivity index (χ2v) is 7.34. The van der Waals surface area contributed by atoms with Crippen molar-refractivity contribution in [2.75, 3.05) is 37.8 Å². The smallest absolute Gasteiger partial charge is 0.279 e. The average Bonchev–Trinajstić information content (AvgIpc) is 2.64. The first-order chi connectivity index (χ1) is 13.7. The molecule has 0 radical (unpaired) electrons. The van der Waals surface area contributed by atoms with Gasteiger partial charge >= 0.3 is 0 Å². The topological polar surface area (TPSA) is 91.7 Å². The lowest BCUT2D eigenvalue weighted by Gasteiger charge is -2.16. The Kier molecular flexibility index (Phi) is 7.50. The van der Waals surface area contributed by atoms with Crippen molar-refractivity contribution >= 4 is 29.1 Å². The van der Waals surface area contributed by atoms with E-state index >= 15 is 0 Å². The summed E-state index contributed by atoms with van der Waals surface area (Å²) in [6.45, 7) is 6.28. The lowest BCUT2D eigenvalue weighted by atomic mass is 10.1. The molecule has 0 fully saturated rings. The van der Waals surface area contributed by atoms with Gasteiger partial charge in [-0.05, 0) is 56.2 Å². The third-order valence-electron chi connectivity index (χ3n) is 4.52. The number of aryl methyl sites for hydroxylation is 3. The highest BCUT2D eigenvalue weighted by molar-refractivity contribution is 5.96. The van der Waals surface area contributed by atoms with Gasteiger partial charge in [0.1, 0.15) is 0 Å². The molecule has 0 bridgehead atoms. The minimum atomic E-state index is -0.203. The average molecular weight is 397 g/mol. The Balaban J connectivity index is 1.86. The fourth-order valence-electron chi connectivity index (χ4n) is 3.23. The Hall–Kier alpha value is -3.19. The molecule has 7 heteroatoms. The van der Waals surface area contributed by atoms with Crippen LogP contribution in [-0.2, 0) is 9.59 Å². The number of carbonyl (C=O) groups excluding carboxylic acids is 3. The molecule has 0 aromatic heterocycles. The fraction of sp³-hybridized carbons (Fsp3) is 0.318. The van der Waals surface area contributed by atoms with Gasteiger partial charge < -0.3 is 20.9 Å². The van der Waals surface area contributed by atoms with Gasteiger partial charge in [0.25, 0.3) is 17.7 Å². The van der Waals surface area contributed by atoms with Crippen LogP contribution >= 0.6 is 0 Å². The molecule has 0 aliphatic carbocycles. The van der Waals surface area contributed by atoms with E-state index in [4.69, 9.17) is 0 Å². The Morgan fingerprint density at radius 2 is 1.38 bits per heavy atom. The number of amides is 3. The molecule has 4 N–H and O–H groups in total. The summed E-state index contributed by atoms with van der Waals surface area (Å²) in [7, 11) is 3.36. The van der Waals surface area contributed by atoms with Gasteiger partial charge in [0, 0.05) is 24.0 Å². The number of carbonyl (C=O) groups is 3. The molecule has 154 valence electrons. The normalized spacial score (nSPS) is 11.5. The van der Waals surface area contributed by atoms with Crippen molar-refractivity contribution in [1.82, 2.24) is 5.32 Å². The number of rotatable bonds is 7. The third kappa shape index (κ3) is 6.43. The van der Waals surface area contributed by atoms with Crippen molar-refractivity contribution in [3.63, 3.8) is 0 Å². The summed E-state index contributed by atoms with van der Waals surface area (Å²) >= 11 is 0. The summed E-state index contributed by atoms with van der Waals surface area (Å²) in [6, 6.07) is 10.7. The maximum Gasteiger partial charge on any atom is 0.279 e. The Bertz CT molecular complexity index is 884. The van der Waals surface area contributed by atoms with Crippen molar-refractivity contribution in [2.45, 2.75) is 20.8 Å². The molecule has 29 heavy (non-hydrogen) atoms. The summed E-state index contributed by atoms with van der Waals surface area (Å²) in [5.74, 6) is -0.525. The summed E-state index contributed by atoms with van der Waals surface area (Å²) in [4.78, 5) is 36.9. The van der Waals surface area contributed by atoms with Crippen LogP contribution in [0.15, 0.2) is 36.4 Å². The Labute approximate surface area is 171 Å². The maximum absolute atomic E-state index is 12.4. The molecule has 2 rings (SSSR count). The zero-order valence-electron chi connectivity index (χ0n) is 17.6. The van der Waals surface area contributed by atoms with Gasteiger partial charge in [0.2, 0.25) is 0 Å². The predicted octanol–water partition coefficient (Wildman–Crippen LogP) is 1.06. The molecule has 0 spiro atoms. The van der Waals surface area contributed by atoms with Crippen molar-refractivity contribution in [3.05, 3.63) is 58.7 Å². The number of hydrogen-bond donors (Lipinski definition) is 4. The molecule has 0 aliphatic heterocycles. The third-order valence-corrected chi connectivity index (χ3v) is 4.52. The minimum absolute atomic E-state index is 0.139. The highest BCUT2D eigenvalue weighted by atomic mass is 16.2. The highest BCUT2D eigenvalue weighted by Crippen LogP contribution is 2.21. The zero-order valence-corrected chi connectivity index (χ0v) is 17.6.